The molecule has 3 rings (SSSR count). The summed E-state index contributed by atoms with van der Waals surface area (Å²) in [6, 6.07) is 19.7. The third-order valence-corrected chi connectivity index (χ3v) is 4.36. The molecule has 1 saturated heterocycles. The highest BCUT2D eigenvalue weighted by atomic mass is 16.5. The molecule has 1 aliphatic heterocycles. The Morgan fingerprint density at radius 2 is 1.73 bits per heavy atom. The van der Waals surface area contributed by atoms with Gasteiger partial charge in [-0.25, -0.2) is 0 Å². The Morgan fingerprint density at radius 1 is 1.00 bits per heavy atom. The quantitative estimate of drug-likeness (QED) is 0.890. The standard InChI is InChI=1S/C20H25NO/c1-16-10-12-18(13-11-16)20(17-7-3-2-4-8-17)22-15-19-9-5-6-14-21-19/h2-4,7-8,10-13,19-21H,5-6,9,14-15H2,1H3. The third kappa shape index (κ3) is 3.96. The van der Waals surface area contributed by atoms with Gasteiger partial charge in [0, 0.05) is 6.04 Å². The molecule has 2 atom stereocenters. The molecule has 2 unspecified atom stereocenters. The first-order valence-corrected chi connectivity index (χ1v) is 8.29. The normalized spacial score (nSPS) is 19.8. The number of nitrogens with one attached hydrogen (secondary N) is 1. The number of aryl methyl sites for hydroxylation is 1. The monoisotopic (exact) mass is 295 g/mol. The first-order chi connectivity index (χ1) is 10.8. The summed E-state index contributed by atoms with van der Waals surface area (Å²) in [5.74, 6) is 0. The fourth-order valence-corrected chi connectivity index (χ4v) is 3.03. The van der Waals surface area contributed by atoms with Crippen molar-refractivity contribution in [2.45, 2.75) is 38.3 Å². The van der Waals surface area contributed by atoms with Crippen LogP contribution in [0.2, 0.25) is 0 Å². The Balaban J connectivity index is 1.75. The lowest BCUT2D eigenvalue weighted by atomic mass is 10.00. The van der Waals surface area contributed by atoms with Gasteiger partial charge in [-0.15, -0.1) is 0 Å². The molecule has 1 heterocycles. The van der Waals surface area contributed by atoms with Crippen molar-refractivity contribution in [3.8, 4) is 0 Å². The lowest BCUT2D eigenvalue weighted by Crippen LogP contribution is -2.38. The molecule has 1 fully saturated rings. The lowest BCUT2D eigenvalue weighted by Gasteiger charge is -2.26. The molecule has 0 amide bonds. The predicted octanol–water partition coefficient (Wildman–Crippen LogP) is 4.24. The maximum atomic E-state index is 6.33. The van der Waals surface area contributed by atoms with E-state index in [9.17, 15) is 0 Å². The summed E-state index contributed by atoms with van der Waals surface area (Å²) in [5.41, 5.74) is 3.74. The minimum absolute atomic E-state index is 0.0190. The molecule has 22 heavy (non-hydrogen) atoms. The van der Waals surface area contributed by atoms with Gasteiger partial charge in [0.05, 0.1) is 6.61 Å². The topological polar surface area (TPSA) is 21.3 Å². The zero-order valence-corrected chi connectivity index (χ0v) is 13.3. The second-order valence-corrected chi connectivity index (χ2v) is 6.18. The largest absolute Gasteiger partial charge is 0.367 e. The van der Waals surface area contributed by atoms with Gasteiger partial charge >= 0.3 is 0 Å². The van der Waals surface area contributed by atoms with E-state index >= 15 is 0 Å². The predicted molar refractivity (Wildman–Crippen MR) is 91.1 cm³/mol. The van der Waals surface area contributed by atoms with E-state index in [0.29, 0.717) is 6.04 Å². The molecule has 0 aliphatic carbocycles. The molecular weight excluding hydrogens is 270 g/mol. The van der Waals surface area contributed by atoms with Crippen molar-refractivity contribution in [2.24, 2.45) is 0 Å². The molecule has 0 aromatic heterocycles. The Morgan fingerprint density at radius 3 is 2.41 bits per heavy atom. The molecule has 0 saturated carbocycles. The Kier molecular flexibility index (Phi) is 5.25. The zero-order chi connectivity index (χ0) is 15.2. The van der Waals surface area contributed by atoms with Crippen LogP contribution in [0.1, 0.15) is 42.1 Å². The first kappa shape index (κ1) is 15.3. The number of hydrogen-bond donors (Lipinski definition) is 1. The highest BCUT2D eigenvalue weighted by Gasteiger charge is 2.18. The molecule has 2 aromatic rings. The van der Waals surface area contributed by atoms with Crippen molar-refractivity contribution in [1.29, 1.82) is 0 Å². The molecule has 0 radical (unpaired) electrons. The Labute approximate surface area is 133 Å². The maximum Gasteiger partial charge on any atom is 0.108 e. The van der Waals surface area contributed by atoms with Gasteiger partial charge in [0.15, 0.2) is 0 Å². The van der Waals surface area contributed by atoms with Crippen molar-refractivity contribution in [3.05, 3.63) is 71.3 Å². The van der Waals surface area contributed by atoms with E-state index in [1.165, 1.54) is 36.0 Å². The van der Waals surface area contributed by atoms with Gasteiger partial charge < -0.3 is 10.1 Å². The van der Waals surface area contributed by atoms with Gasteiger partial charge in [0.1, 0.15) is 6.10 Å². The van der Waals surface area contributed by atoms with E-state index in [-0.39, 0.29) is 6.10 Å². The minimum atomic E-state index is 0.0190. The van der Waals surface area contributed by atoms with Crippen LogP contribution in [-0.4, -0.2) is 19.2 Å². The molecular formula is C20H25NO. The van der Waals surface area contributed by atoms with Crippen molar-refractivity contribution < 1.29 is 4.74 Å². The second-order valence-electron chi connectivity index (χ2n) is 6.18. The van der Waals surface area contributed by atoms with Crippen LogP contribution in [-0.2, 0) is 4.74 Å². The molecule has 116 valence electrons. The fourth-order valence-electron chi connectivity index (χ4n) is 3.03. The van der Waals surface area contributed by atoms with Crippen LogP contribution in [0, 0.1) is 6.92 Å². The minimum Gasteiger partial charge on any atom is -0.367 e. The van der Waals surface area contributed by atoms with E-state index in [2.05, 4.69) is 66.8 Å². The van der Waals surface area contributed by atoms with E-state index in [1.54, 1.807) is 0 Å². The van der Waals surface area contributed by atoms with Crippen LogP contribution in [0.4, 0.5) is 0 Å². The first-order valence-electron chi connectivity index (χ1n) is 8.29. The van der Waals surface area contributed by atoms with Gasteiger partial charge in [-0.2, -0.15) is 0 Å². The van der Waals surface area contributed by atoms with E-state index in [0.717, 1.165) is 13.2 Å². The Bertz CT molecular complexity index is 558. The summed E-state index contributed by atoms with van der Waals surface area (Å²) in [6.07, 6.45) is 3.83. The maximum absolute atomic E-state index is 6.33. The number of rotatable bonds is 5. The van der Waals surface area contributed by atoms with E-state index in [1.807, 2.05) is 0 Å². The van der Waals surface area contributed by atoms with Gasteiger partial charge in [-0.3, -0.25) is 0 Å². The summed E-state index contributed by atoms with van der Waals surface area (Å²) in [7, 11) is 0. The lowest BCUT2D eigenvalue weighted by molar-refractivity contribution is 0.0566. The molecule has 2 heteroatoms. The van der Waals surface area contributed by atoms with Crippen LogP contribution in [0.25, 0.3) is 0 Å². The molecule has 0 bridgehead atoms. The van der Waals surface area contributed by atoms with Crippen molar-refractivity contribution in [1.82, 2.24) is 5.32 Å². The van der Waals surface area contributed by atoms with Crippen LogP contribution in [0.15, 0.2) is 54.6 Å². The summed E-state index contributed by atoms with van der Waals surface area (Å²) in [4.78, 5) is 0. The number of piperidine rings is 1. The molecule has 1 aliphatic rings. The van der Waals surface area contributed by atoms with Gasteiger partial charge in [-0.05, 0) is 37.4 Å². The van der Waals surface area contributed by atoms with Gasteiger partial charge in [0.25, 0.3) is 0 Å². The zero-order valence-electron chi connectivity index (χ0n) is 13.3. The highest BCUT2D eigenvalue weighted by Crippen LogP contribution is 2.27. The third-order valence-electron chi connectivity index (χ3n) is 4.36. The van der Waals surface area contributed by atoms with E-state index < -0.39 is 0 Å². The second kappa shape index (κ2) is 7.57. The van der Waals surface area contributed by atoms with Crippen LogP contribution in [0.3, 0.4) is 0 Å². The fraction of sp³-hybridized carbons (Fsp3) is 0.400. The van der Waals surface area contributed by atoms with E-state index in [4.69, 9.17) is 4.74 Å². The molecule has 2 nitrogen and oxygen atoms in total. The average Bonchev–Trinajstić information content (AvgIpc) is 2.58. The van der Waals surface area contributed by atoms with Crippen molar-refractivity contribution in [3.63, 3.8) is 0 Å². The van der Waals surface area contributed by atoms with Crippen molar-refractivity contribution >= 4 is 0 Å². The Hall–Kier alpha value is -1.64. The van der Waals surface area contributed by atoms with Gasteiger partial charge in [0.2, 0.25) is 0 Å². The van der Waals surface area contributed by atoms with Crippen LogP contribution >= 0.6 is 0 Å². The molecule has 1 N–H and O–H groups in total. The molecule has 2 aromatic carbocycles. The summed E-state index contributed by atoms with van der Waals surface area (Å²) < 4.78 is 6.33. The smallest absolute Gasteiger partial charge is 0.108 e. The SMILES string of the molecule is Cc1ccc(C(OCC2CCCCN2)c2ccccc2)cc1. The van der Waals surface area contributed by atoms with Crippen LogP contribution < -0.4 is 5.32 Å². The summed E-state index contributed by atoms with van der Waals surface area (Å²) >= 11 is 0. The summed E-state index contributed by atoms with van der Waals surface area (Å²) in [6.45, 7) is 4.01. The highest BCUT2D eigenvalue weighted by molar-refractivity contribution is 5.31. The van der Waals surface area contributed by atoms with Crippen molar-refractivity contribution in [2.75, 3.05) is 13.2 Å². The van der Waals surface area contributed by atoms with Gasteiger partial charge in [-0.1, -0.05) is 66.6 Å². The van der Waals surface area contributed by atoms with Crippen LogP contribution in [0.5, 0.6) is 0 Å². The summed E-state index contributed by atoms with van der Waals surface area (Å²) in [5, 5.41) is 3.56. The molecule has 0 spiro atoms. The number of benzene rings is 2. The average molecular weight is 295 g/mol. The number of ether oxygens (including phenoxy) is 1. The number of hydrogen-bond acceptors (Lipinski definition) is 2.